The summed E-state index contributed by atoms with van der Waals surface area (Å²) < 4.78 is 0. The fourth-order valence-corrected chi connectivity index (χ4v) is 2.23. The maximum absolute atomic E-state index is 4.59. The molecule has 0 aromatic carbocycles. The van der Waals surface area contributed by atoms with E-state index < -0.39 is 0 Å². The standard InChI is InChI=1S/C15H22N4/c1-3-5-12(16-8-4-2)11-13-6-7-14-15(19-13)18-10-9-17-14/h6-7,9-10,12,16H,3-5,8,11H2,1-2H3. The Morgan fingerprint density at radius 2 is 1.95 bits per heavy atom. The lowest BCUT2D eigenvalue weighted by Crippen LogP contribution is -2.31. The van der Waals surface area contributed by atoms with Gasteiger partial charge in [0.1, 0.15) is 5.52 Å². The summed E-state index contributed by atoms with van der Waals surface area (Å²) in [7, 11) is 0. The van der Waals surface area contributed by atoms with Crippen LogP contribution < -0.4 is 5.32 Å². The van der Waals surface area contributed by atoms with E-state index in [1.54, 1.807) is 12.4 Å². The molecule has 0 aliphatic carbocycles. The highest BCUT2D eigenvalue weighted by molar-refractivity contribution is 5.68. The fourth-order valence-electron chi connectivity index (χ4n) is 2.23. The molecule has 0 saturated heterocycles. The van der Waals surface area contributed by atoms with E-state index in [9.17, 15) is 0 Å². The smallest absolute Gasteiger partial charge is 0.178 e. The van der Waals surface area contributed by atoms with E-state index in [1.807, 2.05) is 6.07 Å². The average Bonchev–Trinajstić information content (AvgIpc) is 2.45. The third kappa shape index (κ3) is 3.96. The number of pyridine rings is 1. The number of hydrogen-bond donors (Lipinski definition) is 1. The van der Waals surface area contributed by atoms with Crippen molar-refractivity contribution in [3.8, 4) is 0 Å². The minimum atomic E-state index is 0.506. The minimum absolute atomic E-state index is 0.506. The van der Waals surface area contributed by atoms with Gasteiger partial charge in [-0.05, 0) is 31.5 Å². The molecule has 1 atom stereocenters. The lowest BCUT2D eigenvalue weighted by Gasteiger charge is -2.17. The summed E-state index contributed by atoms with van der Waals surface area (Å²) in [4.78, 5) is 13.1. The van der Waals surface area contributed by atoms with Crippen molar-refractivity contribution in [3.05, 3.63) is 30.2 Å². The van der Waals surface area contributed by atoms with Crippen LogP contribution in [-0.2, 0) is 6.42 Å². The molecule has 2 aromatic heterocycles. The van der Waals surface area contributed by atoms with Gasteiger partial charge in [0.15, 0.2) is 5.65 Å². The fraction of sp³-hybridized carbons (Fsp3) is 0.533. The van der Waals surface area contributed by atoms with Crippen molar-refractivity contribution in [2.24, 2.45) is 0 Å². The van der Waals surface area contributed by atoms with Gasteiger partial charge in [0.05, 0.1) is 0 Å². The third-order valence-corrected chi connectivity index (χ3v) is 3.16. The molecular formula is C15H22N4. The van der Waals surface area contributed by atoms with Crippen LogP contribution in [0.25, 0.3) is 11.2 Å². The first kappa shape index (κ1) is 13.9. The highest BCUT2D eigenvalue weighted by Gasteiger charge is 2.09. The molecule has 2 rings (SSSR count). The molecule has 102 valence electrons. The Balaban J connectivity index is 2.09. The first-order valence-electron chi connectivity index (χ1n) is 7.13. The van der Waals surface area contributed by atoms with Crippen LogP contribution >= 0.6 is 0 Å². The molecule has 0 aliphatic rings. The molecule has 1 N–H and O–H groups in total. The first-order chi connectivity index (χ1) is 9.33. The van der Waals surface area contributed by atoms with Crippen molar-refractivity contribution < 1.29 is 0 Å². The summed E-state index contributed by atoms with van der Waals surface area (Å²) in [6.45, 7) is 5.48. The number of nitrogens with zero attached hydrogens (tertiary/aromatic N) is 3. The van der Waals surface area contributed by atoms with Crippen LogP contribution in [0.5, 0.6) is 0 Å². The largest absolute Gasteiger partial charge is 0.314 e. The van der Waals surface area contributed by atoms with Crippen molar-refractivity contribution in [2.75, 3.05) is 6.54 Å². The van der Waals surface area contributed by atoms with Crippen LogP contribution in [0.1, 0.15) is 38.8 Å². The second-order valence-electron chi connectivity index (χ2n) is 4.85. The number of nitrogens with one attached hydrogen (secondary N) is 1. The van der Waals surface area contributed by atoms with Gasteiger partial charge in [-0.3, -0.25) is 4.98 Å². The van der Waals surface area contributed by atoms with Gasteiger partial charge in [0.25, 0.3) is 0 Å². The van der Waals surface area contributed by atoms with Gasteiger partial charge < -0.3 is 5.32 Å². The monoisotopic (exact) mass is 258 g/mol. The lowest BCUT2D eigenvalue weighted by atomic mass is 10.1. The number of rotatable bonds is 7. The van der Waals surface area contributed by atoms with Crippen LogP contribution in [0.3, 0.4) is 0 Å². The normalized spacial score (nSPS) is 12.7. The Hall–Kier alpha value is -1.55. The van der Waals surface area contributed by atoms with Gasteiger partial charge in [-0.15, -0.1) is 0 Å². The molecule has 0 spiro atoms. The van der Waals surface area contributed by atoms with E-state index in [1.165, 1.54) is 12.8 Å². The Bertz CT molecular complexity index is 512. The maximum atomic E-state index is 4.59. The van der Waals surface area contributed by atoms with Crippen molar-refractivity contribution in [1.29, 1.82) is 0 Å². The molecule has 2 aromatic rings. The zero-order valence-corrected chi connectivity index (χ0v) is 11.8. The number of aromatic nitrogens is 3. The van der Waals surface area contributed by atoms with Crippen molar-refractivity contribution >= 4 is 11.2 Å². The lowest BCUT2D eigenvalue weighted by molar-refractivity contribution is 0.469. The van der Waals surface area contributed by atoms with Gasteiger partial charge in [-0.1, -0.05) is 20.3 Å². The third-order valence-electron chi connectivity index (χ3n) is 3.16. The molecule has 1 unspecified atom stereocenters. The molecule has 4 nitrogen and oxygen atoms in total. The zero-order valence-electron chi connectivity index (χ0n) is 11.8. The van der Waals surface area contributed by atoms with E-state index in [0.29, 0.717) is 6.04 Å². The van der Waals surface area contributed by atoms with Crippen LogP contribution in [0.4, 0.5) is 0 Å². The molecule has 4 heteroatoms. The topological polar surface area (TPSA) is 50.7 Å². The molecule has 0 fully saturated rings. The Kier molecular flexibility index (Phi) is 5.21. The average molecular weight is 258 g/mol. The Morgan fingerprint density at radius 1 is 1.11 bits per heavy atom. The quantitative estimate of drug-likeness (QED) is 0.829. The predicted molar refractivity (Wildman–Crippen MR) is 78.0 cm³/mol. The van der Waals surface area contributed by atoms with E-state index in [4.69, 9.17) is 0 Å². The highest BCUT2D eigenvalue weighted by Crippen LogP contribution is 2.10. The summed E-state index contributed by atoms with van der Waals surface area (Å²) in [5.41, 5.74) is 2.70. The summed E-state index contributed by atoms with van der Waals surface area (Å²) in [6, 6.07) is 4.58. The Morgan fingerprint density at radius 3 is 2.74 bits per heavy atom. The molecule has 0 amide bonds. The molecule has 2 heterocycles. The van der Waals surface area contributed by atoms with Gasteiger partial charge in [0.2, 0.25) is 0 Å². The Labute approximate surface area is 114 Å². The predicted octanol–water partition coefficient (Wildman–Crippen LogP) is 2.74. The minimum Gasteiger partial charge on any atom is -0.314 e. The van der Waals surface area contributed by atoms with Crippen LogP contribution in [-0.4, -0.2) is 27.5 Å². The second kappa shape index (κ2) is 7.14. The maximum Gasteiger partial charge on any atom is 0.178 e. The highest BCUT2D eigenvalue weighted by atomic mass is 14.9. The molecule has 0 saturated carbocycles. The molecular weight excluding hydrogens is 236 g/mol. The summed E-state index contributed by atoms with van der Waals surface area (Å²) in [6.07, 6.45) is 7.89. The first-order valence-corrected chi connectivity index (χ1v) is 7.13. The molecule has 0 radical (unpaired) electrons. The summed E-state index contributed by atoms with van der Waals surface area (Å²) in [5, 5.41) is 3.59. The van der Waals surface area contributed by atoms with Gasteiger partial charge in [0, 0.05) is 30.6 Å². The van der Waals surface area contributed by atoms with Crippen molar-refractivity contribution in [1.82, 2.24) is 20.3 Å². The van der Waals surface area contributed by atoms with E-state index in [-0.39, 0.29) is 0 Å². The van der Waals surface area contributed by atoms with Gasteiger partial charge in [-0.25, -0.2) is 9.97 Å². The van der Waals surface area contributed by atoms with Crippen LogP contribution in [0.15, 0.2) is 24.5 Å². The van der Waals surface area contributed by atoms with Gasteiger partial charge in [-0.2, -0.15) is 0 Å². The summed E-state index contributed by atoms with van der Waals surface area (Å²) >= 11 is 0. The van der Waals surface area contributed by atoms with Crippen molar-refractivity contribution in [2.45, 2.75) is 45.6 Å². The molecule has 0 aliphatic heterocycles. The van der Waals surface area contributed by atoms with E-state index >= 15 is 0 Å². The molecule has 0 bridgehead atoms. The van der Waals surface area contributed by atoms with E-state index in [2.05, 4.69) is 40.2 Å². The number of fused-ring (bicyclic) bond motifs is 1. The second-order valence-corrected chi connectivity index (χ2v) is 4.85. The molecule has 19 heavy (non-hydrogen) atoms. The summed E-state index contributed by atoms with van der Waals surface area (Å²) in [5.74, 6) is 0. The van der Waals surface area contributed by atoms with Crippen LogP contribution in [0, 0.1) is 0 Å². The number of hydrogen-bond acceptors (Lipinski definition) is 4. The van der Waals surface area contributed by atoms with E-state index in [0.717, 1.165) is 36.2 Å². The van der Waals surface area contributed by atoms with Gasteiger partial charge >= 0.3 is 0 Å². The van der Waals surface area contributed by atoms with Crippen LogP contribution in [0.2, 0.25) is 0 Å². The van der Waals surface area contributed by atoms with Crippen molar-refractivity contribution in [3.63, 3.8) is 0 Å². The zero-order chi connectivity index (χ0) is 13.5. The SMILES string of the molecule is CCCNC(CCC)Cc1ccc2nccnc2n1.